The van der Waals surface area contributed by atoms with Crippen molar-refractivity contribution < 1.29 is 0 Å². The van der Waals surface area contributed by atoms with Crippen molar-refractivity contribution in [3.05, 3.63) is 27.8 Å². The Kier molecular flexibility index (Phi) is 3.42. The van der Waals surface area contributed by atoms with Gasteiger partial charge >= 0.3 is 20.4 Å². The van der Waals surface area contributed by atoms with Gasteiger partial charge in [-0.25, -0.2) is 0 Å². The summed E-state index contributed by atoms with van der Waals surface area (Å²) in [5.41, 5.74) is 7.60. The highest BCUT2D eigenvalue weighted by Crippen LogP contribution is 2.18. The summed E-state index contributed by atoms with van der Waals surface area (Å²) in [5, 5.41) is 2.38. The molecule has 0 radical (unpaired) electrons. The molecule has 0 nitrogen and oxygen atoms in total. The predicted molar refractivity (Wildman–Crippen MR) is 61.4 cm³/mol. The SMILES string of the molecule is [CH3][Mg][c]1c(C)c(C)c(C)c(C)c1C. The lowest BCUT2D eigenvalue weighted by molar-refractivity contribution is 1.19. The van der Waals surface area contributed by atoms with E-state index in [9.17, 15) is 0 Å². The van der Waals surface area contributed by atoms with E-state index in [2.05, 4.69) is 39.7 Å². The van der Waals surface area contributed by atoms with E-state index in [0.717, 1.165) is 0 Å². The van der Waals surface area contributed by atoms with Crippen molar-refractivity contribution in [1.29, 1.82) is 0 Å². The van der Waals surface area contributed by atoms with Crippen LogP contribution in [0.5, 0.6) is 0 Å². The third-order valence-electron chi connectivity index (χ3n) is 3.51. The second-order valence-electron chi connectivity index (χ2n) is 3.96. The van der Waals surface area contributed by atoms with Crippen molar-refractivity contribution in [2.75, 3.05) is 0 Å². The molecule has 1 heteroatoms. The highest BCUT2D eigenvalue weighted by atomic mass is 24.5. The Bertz CT molecular complexity index is 308. The Morgan fingerprint density at radius 1 is 0.615 bits per heavy atom. The van der Waals surface area contributed by atoms with Crippen molar-refractivity contribution in [1.82, 2.24) is 0 Å². The monoisotopic (exact) mass is 186 g/mol. The Morgan fingerprint density at radius 3 is 1.23 bits per heavy atom. The Labute approximate surface area is 91.5 Å². The maximum absolute atomic E-state index is 2.38. The molecule has 0 aliphatic carbocycles. The van der Waals surface area contributed by atoms with Crippen LogP contribution in [0.1, 0.15) is 27.8 Å². The zero-order chi connectivity index (χ0) is 10.2. The van der Waals surface area contributed by atoms with E-state index in [0.29, 0.717) is 0 Å². The first-order valence-electron chi connectivity index (χ1n) is 5.06. The van der Waals surface area contributed by atoms with Crippen LogP contribution in [0.2, 0.25) is 5.05 Å². The van der Waals surface area contributed by atoms with Gasteiger partial charge in [0.05, 0.1) is 0 Å². The van der Waals surface area contributed by atoms with E-state index in [-0.39, 0.29) is 20.4 Å². The molecule has 0 amide bonds. The minimum absolute atomic E-state index is 0.0254. The Hall–Kier alpha value is -0.0138. The van der Waals surface area contributed by atoms with E-state index in [4.69, 9.17) is 0 Å². The van der Waals surface area contributed by atoms with Crippen LogP contribution in [0.25, 0.3) is 0 Å². The molecule has 0 saturated carbocycles. The van der Waals surface area contributed by atoms with Gasteiger partial charge in [-0.1, -0.05) is 11.1 Å². The van der Waals surface area contributed by atoms with Crippen molar-refractivity contribution >= 4 is 24.1 Å². The molecule has 0 aliphatic heterocycles. The molecule has 1 aromatic carbocycles. The Balaban J connectivity index is 3.56. The van der Waals surface area contributed by atoms with Gasteiger partial charge in [-0.3, -0.25) is 0 Å². The van der Waals surface area contributed by atoms with Crippen molar-refractivity contribution in [3.63, 3.8) is 0 Å². The quantitative estimate of drug-likeness (QED) is 0.592. The van der Waals surface area contributed by atoms with E-state index < -0.39 is 0 Å². The average molecular weight is 187 g/mol. The molecule has 0 spiro atoms. The van der Waals surface area contributed by atoms with Crippen LogP contribution in [0, 0.1) is 34.6 Å². The lowest BCUT2D eigenvalue weighted by atomic mass is 9.95. The van der Waals surface area contributed by atoms with Crippen molar-refractivity contribution in [2.45, 2.75) is 39.7 Å². The first kappa shape index (κ1) is 11.1. The van der Waals surface area contributed by atoms with Gasteiger partial charge in [-0.05, 0) is 51.3 Å². The standard InChI is InChI=1S/C11H15.CH3.Mg/c1-7-6-8(2)10(4)11(5)9(7)3;;/h1-5H3;1H3;. The molecule has 0 fully saturated rings. The molecule has 0 saturated heterocycles. The summed E-state index contributed by atoms with van der Waals surface area (Å²) in [4.78, 5) is 0. The fraction of sp³-hybridized carbons (Fsp3) is 0.500. The van der Waals surface area contributed by atoms with Crippen LogP contribution < -0.4 is 3.69 Å². The van der Waals surface area contributed by atoms with E-state index in [1.165, 1.54) is 16.7 Å². The molecule has 0 aromatic heterocycles. The molecule has 1 aromatic rings. The van der Waals surface area contributed by atoms with Crippen LogP contribution in [0.4, 0.5) is 0 Å². The summed E-state index contributed by atoms with van der Waals surface area (Å²) in [7, 11) is 0. The fourth-order valence-electron chi connectivity index (χ4n) is 2.11. The summed E-state index contributed by atoms with van der Waals surface area (Å²) in [6.07, 6.45) is 0. The number of hydrogen-bond acceptors (Lipinski definition) is 0. The van der Waals surface area contributed by atoms with Gasteiger partial charge in [-0.2, -0.15) is 3.69 Å². The third kappa shape index (κ3) is 1.77. The van der Waals surface area contributed by atoms with Crippen LogP contribution in [0.3, 0.4) is 0 Å². The molecule has 0 aliphatic rings. The van der Waals surface area contributed by atoms with Crippen LogP contribution >= 0.6 is 0 Å². The maximum Gasteiger partial charge on any atom is 0.405 e. The van der Waals surface area contributed by atoms with Gasteiger partial charge in [0, 0.05) is 0 Å². The molecule has 0 atom stereocenters. The van der Waals surface area contributed by atoms with Crippen LogP contribution in [-0.4, -0.2) is 20.4 Å². The van der Waals surface area contributed by atoms with E-state index in [1.807, 2.05) is 0 Å². The predicted octanol–water partition coefficient (Wildman–Crippen LogP) is 2.61. The summed E-state index contributed by atoms with van der Waals surface area (Å²) >= 11 is -0.0254. The molecule has 13 heavy (non-hydrogen) atoms. The minimum atomic E-state index is -0.0254. The molecule has 0 N–H and O–H groups in total. The molecule has 1 rings (SSSR count). The zero-order valence-electron chi connectivity index (χ0n) is 9.71. The van der Waals surface area contributed by atoms with Gasteiger partial charge in [0.15, 0.2) is 0 Å². The van der Waals surface area contributed by atoms with E-state index in [1.54, 1.807) is 14.8 Å². The fourth-order valence-corrected chi connectivity index (χ4v) is 3.70. The number of hydrogen-bond donors (Lipinski definition) is 0. The molecule has 68 valence electrons. The molecular formula is C12H18Mg. The number of benzene rings is 1. The molecular weight excluding hydrogens is 168 g/mol. The maximum atomic E-state index is 2.38. The lowest BCUT2D eigenvalue weighted by Gasteiger charge is -2.18. The molecule has 0 heterocycles. The second-order valence-corrected chi connectivity index (χ2v) is 5.37. The summed E-state index contributed by atoms with van der Waals surface area (Å²) in [6, 6.07) is 0. The van der Waals surface area contributed by atoms with Gasteiger partial charge in [0.25, 0.3) is 0 Å². The van der Waals surface area contributed by atoms with Gasteiger partial charge < -0.3 is 0 Å². The van der Waals surface area contributed by atoms with Crippen LogP contribution in [0.15, 0.2) is 0 Å². The highest BCUT2D eigenvalue weighted by molar-refractivity contribution is 6.53. The second kappa shape index (κ2) is 4.01. The summed E-state index contributed by atoms with van der Waals surface area (Å²) < 4.78 is 1.68. The van der Waals surface area contributed by atoms with Gasteiger partial charge in [0.1, 0.15) is 0 Å². The summed E-state index contributed by atoms with van der Waals surface area (Å²) in [5.74, 6) is 0. The third-order valence-corrected chi connectivity index (χ3v) is 5.28. The first-order chi connectivity index (χ1) is 6.00. The van der Waals surface area contributed by atoms with Gasteiger partial charge in [0.2, 0.25) is 0 Å². The van der Waals surface area contributed by atoms with Crippen LogP contribution in [-0.2, 0) is 0 Å². The highest BCUT2D eigenvalue weighted by Gasteiger charge is 2.10. The zero-order valence-corrected chi connectivity index (χ0v) is 11.1. The molecule has 0 bridgehead atoms. The molecule has 0 unspecified atom stereocenters. The normalized spacial score (nSPS) is 10.0. The summed E-state index contributed by atoms with van der Waals surface area (Å²) in [6.45, 7) is 11.3. The van der Waals surface area contributed by atoms with Crippen molar-refractivity contribution in [2.24, 2.45) is 0 Å². The van der Waals surface area contributed by atoms with Gasteiger partial charge in [-0.15, -0.1) is 5.05 Å². The minimum Gasteiger partial charge on any atom is -0.168 e. The average Bonchev–Trinajstić information content (AvgIpc) is 2.13. The topological polar surface area (TPSA) is 0 Å². The lowest BCUT2D eigenvalue weighted by Crippen LogP contribution is -2.22. The Morgan fingerprint density at radius 2 is 0.923 bits per heavy atom. The smallest absolute Gasteiger partial charge is 0.168 e. The first-order valence-corrected chi connectivity index (χ1v) is 7.18. The van der Waals surface area contributed by atoms with E-state index >= 15 is 0 Å². The van der Waals surface area contributed by atoms with Crippen molar-refractivity contribution in [3.8, 4) is 0 Å². The largest absolute Gasteiger partial charge is 0.405 e. The number of rotatable bonds is 1.